The highest BCUT2D eigenvalue weighted by Crippen LogP contribution is 2.32. The molecule has 0 amide bonds. The first-order valence-corrected chi connectivity index (χ1v) is 14.7. The van der Waals surface area contributed by atoms with Crippen LogP contribution in [0.4, 0.5) is 0 Å². The Hall–Kier alpha value is -4.46. The van der Waals surface area contributed by atoms with Crippen molar-refractivity contribution in [2.45, 2.75) is 65.5 Å². The van der Waals surface area contributed by atoms with E-state index in [1.807, 2.05) is 97.6 Å². The largest absolute Gasteiger partial charge is 0.872 e. The van der Waals surface area contributed by atoms with Gasteiger partial charge in [0.15, 0.2) is 0 Å². The summed E-state index contributed by atoms with van der Waals surface area (Å²) in [5, 5.41) is 14.2. The lowest BCUT2D eigenvalue weighted by atomic mass is 9.84. The Labute approximate surface area is 255 Å². The number of aromatic nitrogens is 4. The maximum atomic E-state index is 14.2. The van der Waals surface area contributed by atoms with E-state index >= 15 is 0 Å². The van der Waals surface area contributed by atoms with Crippen LogP contribution in [0.3, 0.4) is 0 Å². The van der Waals surface area contributed by atoms with Crippen LogP contribution in [0.25, 0.3) is 0 Å². The predicted octanol–water partition coefficient (Wildman–Crippen LogP) is 6.04. The van der Waals surface area contributed by atoms with Gasteiger partial charge < -0.3 is 5.11 Å². The van der Waals surface area contributed by atoms with E-state index in [-0.39, 0.29) is 11.2 Å². The molecule has 4 heterocycles. The molecule has 0 N–H and O–H groups in total. The van der Waals surface area contributed by atoms with Crippen molar-refractivity contribution in [3.63, 3.8) is 0 Å². The van der Waals surface area contributed by atoms with Gasteiger partial charge in [-0.1, -0.05) is 62.9 Å². The molecule has 4 aromatic heterocycles. The molecule has 7 nitrogen and oxygen atoms in total. The molecule has 7 heteroatoms. The Kier molecular flexibility index (Phi) is 9.87. The number of hydrogen-bond donors (Lipinski definition) is 0. The summed E-state index contributed by atoms with van der Waals surface area (Å²) >= 11 is 0. The van der Waals surface area contributed by atoms with Crippen molar-refractivity contribution in [3.05, 3.63) is 149 Å². The molecular formula is C36H39N6O-. The van der Waals surface area contributed by atoms with Crippen LogP contribution in [0.2, 0.25) is 0 Å². The van der Waals surface area contributed by atoms with Gasteiger partial charge in [-0.3, -0.25) is 29.7 Å². The van der Waals surface area contributed by atoms with Gasteiger partial charge in [0.2, 0.25) is 0 Å². The monoisotopic (exact) mass is 571 g/mol. The zero-order valence-electron chi connectivity index (χ0n) is 25.2. The lowest BCUT2D eigenvalue weighted by Crippen LogP contribution is -2.27. The number of nitrogens with zero attached hydrogens (tertiary/aromatic N) is 6. The summed E-state index contributed by atoms with van der Waals surface area (Å²) in [6.07, 6.45) is 7.24. The summed E-state index contributed by atoms with van der Waals surface area (Å²) in [5.41, 5.74) is 6.39. The fraction of sp³-hybridized carbons (Fsp3) is 0.278. The maximum absolute atomic E-state index is 14.2. The third-order valence-corrected chi connectivity index (χ3v) is 7.34. The highest BCUT2D eigenvalue weighted by molar-refractivity contribution is 5.45. The van der Waals surface area contributed by atoms with Crippen LogP contribution in [0.5, 0.6) is 5.75 Å². The summed E-state index contributed by atoms with van der Waals surface area (Å²) in [6, 6.07) is 27.9. The molecule has 0 aliphatic carbocycles. The van der Waals surface area contributed by atoms with Crippen LogP contribution < -0.4 is 5.11 Å². The molecule has 0 saturated carbocycles. The van der Waals surface area contributed by atoms with Crippen LogP contribution >= 0.6 is 0 Å². The molecule has 0 aliphatic heterocycles. The first-order chi connectivity index (χ1) is 20.8. The molecule has 0 fully saturated rings. The molecule has 0 bridgehead atoms. The average Bonchev–Trinajstić information content (AvgIpc) is 3.00. The van der Waals surface area contributed by atoms with Crippen molar-refractivity contribution in [1.82, 2.24) is 29.7 Å². The molecule has 0 radical (unpaired) electrons. The first kappa shape index (κ1) is 30.0. The molecular weight excluding hydrogens is 532 g/mol. The minimum absolute atomic E-state index is 0.0760. The van der Waals surface area contributed by atoms with Crippen molar-refractivity contribution >= 4 is 0 Å². The van der Waals surface area contributed by atoms with Crippen LogP contribution in [-0.2, 0) is 44.7 Å². The van der Waals surface area contributed by atoms with Crippen molar-refractivity contribution in [1.29, 1.82) is 0 Å². The summed E-state index contributed by atoms with van der Waals surface area (Å²) in [7, 11) is 0. The van der Waals surface area contributed by atoms with Gasteiger partial charge in [-0.25, -0.2) is 0 Å². The number of pyridine rings is 4. The Morgan fingerprint density at radius 3 is 1.09 bits per heavy atom. The molecule has 5 rings (SSSR count). The second kappa shape index (κ2) is 14.1. The lowest BCUT2D eigenvalue weighted by Gasteiger charge is -2.31. The van der Waals surface area contributed by atoms with Crippen molar-refractivity contribution < 1.29 is 5.11 Å². The predicted molar refractivity (Wildman–Crippen MR) is 167 cm³/mol. The average molecular weight is 572 g/mol. The van der Waals surface area contributed by atoms with Crippen molar-refractivity contribution in [2.75, 3.05) is 0 Å². The smallest absolute Gasteiger partial charge is 0.0544 e. The molecule has 0 atom stereocenters. The van der Waals surface area contributed by atoms with Crippen LogP contribution in [0.15, 0.2) is 110 Å². The Morgan fingerprint density at radius 1 is 0.512 bits per heavy atom. The van der Waals surface area contributed by atoms with Crippen LogP contribution in [0, 0.1) is 0 Å². The molecule has 0 aliphatic rings. The van der Waals surface area contributed by atoms with Gasteiger partial charge in [0, 0.05) is 64.1 Å². The second-order valence-corrected chi connectivity index (χ2v) is 11.9. The van der Waals surface area contributed by atoms with E-state index in [0.29, 0.717) is 39.3 Å². The van der Waals surface area contributed by atoms with E-state index in [2.05, 4.69) is 62.6 Å². The Morgan fingerprint density at radius 2 is 0.837 bits per heavy atom. The molecule has 0 saturated heterocycles. The molecule has 220 valence electrons. The lowest BCUT2D eigenvalue weighted by molar-refractivity contribution is -0.271. The van der Waals surface area contributed by atoms with E-state index in [1.54, 1.807) is 0 Å². The zero-order chi connectivity index (χ0) is 30.1. The summed E-state index contributed by atoms with van der Waals surface area (Å²) in [6.45, 7) is 9.99. The maximum Gasteiger partial charge on any atom is 0.0544 e. The fourth-order valence-corrected chi connectivity index (χ4v) is 5.12. The number of hydrogen-bond acceptors (Lipinski definition) is 7. The third kappa shape index (κ3) is 8.77. The highest BCUT2D eigenvalue weighted by atomic mass is 16.3. The van der Waals surface area contributed by atoms with E-state index in [1.165, 1.54) is 0 Å². The standard InChI is InChI=1S/C36H40N6O/c1-36(2,3)30-20-28(22-41(24-31-12-4-8-16-37-31)25-32-13-5-9-17-38-32)35(43)29(21-30)23-42(26-33-14-6-10-18-39-33)27-34-15-7-11-19-40-34/h4-21,43H,22-27H2,1-3H3/p-1. The SMILES string of the molecule is CC(C)(C)c1cc(CN(Cc2ccccn2)Cc2ccccn2)c([O-])c(CN(Cc2ccccn2)Cc2ccccn2)c1. The highest BCUT2D eigenvalue weighted by Gasteiger charge is 2.20. The minimum atomic E-state index is -0.128. The van der Waals surface area contributed by atoms with Gasteiger partial charge in [-0.2, -0.15) is 0 Å². The van der Waals surface area contributed by atoms with Crippen molar-refractivity contribution in [2.24, 2.45) is 0 Å². The van der Waals surface area contributed by atoms with Gasteiger partial charge >= 0.3 is 0 Å². The van der Waals surface area contributed by atoms with E-state index in [4.69, 9.17) is 0 Å². The van der Waals surface area contributed by atoms with Gasteiger partial charge in [0.05, 0.1) is 22.8 Å². The molecule has 1 aromatic carbocycles. The van der Waals surface area contributed by atoms with E-state index < -0.39 is 0 Å². The summed E-state index contributed by atoms with van der Waals surface area (Å²) in [5.74, 6) is 0.0760. The molecule has 0 spiro atoms. The summed E-state index contributed by atoms with van der Waals surface area (Å²) in [4.78, 5) is 22.7. The van der Waals surface area contributed by atoms with Gasteiger partial charge in [0.25, 0.3) is 0 Å². The first-order valence-electron chi connectivity index (χ1n) is 14.7. The second-order valence-electron chi connectivity index (χ2n) is 11.9. The van der Waals surface area contributed by atoms with Crippen LogP contribution in [-0.4, -0.2) is 29.7 Å². The van der Waals surface area contributed by atoms with E-state index in [0.717, 1.165) is 39.5 Å². The Bertz CT molecular complexity index is 1370. The molecule has 5 aromatic rings. The molecule has 43 heavy (non-hydrogen) atoms. The fourth-order valence-electron chi connectivity index (χ4n) is 5.12. The quantitative estimate of drug-likeness (QED) is 0.181. The van der Waals surface area contributed by atoms with Crippen LogP contribution in [0.1, 0.15) is 60.2 Å². The van der Waals surface area contributed by atoms with E-state index in [9.17, 15) is 5.11 Å². The topological polar surface area (TPSA) is 81.1 Å². The van der Waals surface area contributed by atoms with Crippen molar-refractivity contribution in [3.8, 4) is 5.75 Å². The number of benzene rings is 1. The zero-order valence-corrected chi connectivity index (χ0v) is 25.2. The van der Waals surface area contributed by atoms with Gasteiger partial charge in [0.1, 0.15) is 0 Å². The number of rotatable bonds is 12. The van der Waals surface area contributed by atoms with Gasteiger partial charge in [-0.05, 0) is 70.6 Å². The minimum Gasteiger partial charge on any atom is -0.872 e. The molecule has 0 unspecified atom stereocenters. The third-order valence-electron chi connectivity index (χ3n) is 7.34. The normalized spacial score (nSPS) is 11.7. The van der Waals surface area contributed by atoms with Gasteiger partial charge in [-0.15, -0.1) is 0 Å². The Balaban J connectivity index is 1.48. The summed E-state index contributed by atoms with van der Waals surface area (Å²) < 4.78 is 0.